The number of allylic oxidation sites excluding steroid dienone is 6. The van der Waals surface area contributed by atoms with Crippen molar-refractivity contribution in [2.45, 2.75) is 72.8 Å². The molecule has 3 aliphatic rings. The summed E-state index contributed by atoms with van der Waals surface area (Å²) in [4.78, 5) is 24.0. The van der Waals surface area contributed by atoms with Crippen LogP contribution in [0.2, 0.25) is 0 Å². The van der Waals surface area contributed by atoms with Gasteiger partial charge in [0.1, 0.15) is 6.29 Å². The number of ketones is 1. The third-order valence-electron chi connectivity index (χ3n) is 8.69. The van der Waals surface area contributed by atoms with Crippen LogP contribution in [0.3, 0.4) is 0 Å². The van der Waals surface area contributed by atoms with E-state index in [0.29, 0.717) is 18.4 Å². The van der Waals surface area contributed by atoms with E-state index < -0.39 is 11.5 Å². The molecule has 3 saturated carbocycles. The maximum Gasteiger partial charge on any atom is 0.160 e. The van der Waals surface area contributed by atoms with Crippen LogP contribution < -0.4 is 0 Å². The Morgan fingerprint density at radius 2 is 1.83 bits per heavy atom. The summed E-state index contributed by atoms with van der Waals surface area (Å²) in [5.74, 6) is 0.669. The second-order valence-corrected chi connectivity index (χ2v) is 10.4. The van der Waals surface area contributed by atoms with Crippen LogP contribution in [0.4, 0.5) is 0 Å². The molecule has 0 saturated heterocycles. The Bertz CT molecular complexity index is 791. The second kappa shape index (κ2) is 7.63. The smallest absolute Gasteiger partial charge is 0.160 e. The summed E-state index contributed by atoms with van der Waals surface area (Å²) in [7, 11) is 0. The van der Waals surface area contributed by atoms with Crippen molar-refractivity contribution in [3.63, 3.8) is 0 Å². The zero-order valence-electron chi connectivity index (χ0n) is 18.5. The molecule has 0 heterocycles. The van der Waals surface area contributed by atoms with E-state index in [2.05, 4.69) is 13.8 Å². The summed E-state index contributed by atoms with van der Waals surface area (Å²) in [6, 6.07) is 0. The minimum Gasteiger partial charge on any atom is -0.396 e. The predicted molar refractivity (Wildman–Crippen MR) is 114 cm³/mol. The summed E-state index contributed by atoms with van der Waals surface area (Å²) in [6.45, 7) is 10.3. The van der Waals surface area contributed by atoms with Gasteiger partial charge in [0.25, 0.3) is 0 Å². The number of aldehydes is 1. The van der Waals surface area contributed by atoms with Crippen LogP contribution >= 0.6 is 0 Å². The van der Waals surface area contributed by atoms with Gasteiger partial charge < -0.3 is 10.2 Å². The molecule has 3 aliphatic carbocycles. The first kappa shape index (κ1) is 22.2. The predicted octanol–water partition coefficient (Wildman–Crippen LogP) is 4.17. The Labute approximate surface area is 174 Å². The van der Waals surface area contributed by atoms with Crippen LogP contribution in [0.5, 0.6) is 0 Å². The number of aliphatic hydroxyl groups excluding tert-OH is 2. The van der Waals surface area contributed by atoms with E-state index in [4.69, 9.17) is 0 Å². The van der Waals surface area contributed by atoms with E-state index in [0.717, 1.165) is 36.7 Å². The molecule has 0 aliphatic heterocycles. The number of carbonyl (C=O) groups is 2. The lowest BCUT2D eigenvalue weighted by Crippen LogP contribution is -2.59. The second-order valence-electron chi connectivity index (χ2n) is 10.4. The Hall–Kier alpha value is -1.52. The van der Waals surface area contributed by atoms with Gasteiger partial charge in [-0.1, -0.05) is 39.0 Å². The maximum absolute atomic E-state index is 13.2. The van der Waals surface area contributed by atoms with Crippen molar-refractivity contribution in [3.8, 4) is 0 Å². The van der Waals surface area contributed by atoms with Gasteiger partial charge in [0.15, 0.2) is 5.78 Å². The molecule has 4 heteroatoms. The topological polar surface area (TPSA) is 74.6 Å². The largest absolute Gasteiger partial charge is 0.396 e. The van der Waals surface area contributed by atoms with Crippen LogP contribution in [0.1, 0.15) is 66.7 Å². The summed E-state index contributed by atoms with van der Waals surface area (Å²) in [5.41, 5.74) is 1.82. The van der Waals surface area contributed by atoms with Gasteiger partial charge in [-0.2, -0.15) is 0 Å². The third kappa shape index (κ3) is 3.29. The average Bonchev–Trinajstić information content (AvgIpc) is 2.96. The van der Waals surface area contributed by atoms with Gasteiger partial charge in [-0.15, -0.1) is 0 Å². The lowest BCUT2D eigenvalue weighted by atomic mass is 9.43. The highest BCUT2D eigenvalue weighted by molar-refractivity contribution is 6.00. The molecule has 0 aromatic rings. The number of hydrogen-bond donors (Lipinski definition) is 2. The van der Waals surface area contributed by atoms with Gasteiger partial charge in [-0.25, -0.2) is 0 Å². The highest BCUT2D eigenvalue weighted by Gasteiger charge is 2.65. The highest BCUT2D eigenvalue weighted by Crippen LogP contribution is 2.69. The molecule has 0 radical (unpaired) electrons. The van der Waals surface area contributed by atoms with E-state index in [-0.39, 0.29) is 35.1 Å². The number of fused-ring (bicyclic) bond motifs is 3. The molecule has 1 unspecified atom stereocenters. The van der Waals surface area contributed by atoms with Crippen molar-refractivity contribution in [2.75, 3.05) is 6.61 Å². The molecule has 4 nitrogen and oxygen atoms in total. The monoisotopic (exact) mass is 400 g/mol. The Kier molecular flexibility index (Phi) is 5.83. The molecule has 0 aromatic carbocycles. The fourth-order valence-corrected chi connectivity index (χ4v) is 7.08. The van der Waals surface area contributed by atoms with E-state index in [9.17, 15) is 19.8 Å². The van der Waals surface area contributed by atoms with Crippen LogP contribution in [0, 0.1) is 28.1 Å². The SMILES string of the molecule is CC(/C=C/C=C(\C)C=O)=C1/C(=O)C[C@H]2[C@@]3(C)CC[C@@H](O)[C@](C)(CO)C3CC[C@]12C. The van der Waals surface area contributed by atoms with E-state index in [1.54, 1.807) is 13.0 Å². The summed E-state index contributed by atoms with van der Waals surface area (Å²) >= 11 is 0. The first-order valence-electron chi connectivity index (χ1n) is 10.9. The first-order valence-corrected chi connectivity index (χ1v) is 10.9. The van der Waals surface area contributed by atoms with Crippen LogP contribution in [0.15, 0.2) is 34.9 Å². The average molecular weight is 401 g/mol. The van der Waals surface area contributed by atoms with E-state index >= 15 is 0 Å². The number of rotatable bonds is 4. The lowest BCUT2D eigenvalue weighted by Gasteiger charge is -2.62. The molecule has 6 atom stereocenters. The lowest BCUT2D eigenvalue weighted by molar-refractivity contribution is -0.178. The molecule has 0 amide bonds. The molecule has 3 fully saturated rings. The molecule has 29 heavy (non-hydrogen) atoms. The minimum absolute atomic E-state index is 0.0152. The van der Waals surface area contributed by atoms with Crippen LogP contribution in [0.25, 0.3) is 0 Å². The van der Waals surface area contributed by atoms with Crippen molar-refractivity contribution in [3.05, 3.63) is 34.9 Å². The fourth-order valence-electron chi connectivity index (χ4n) is 7.08. The zero-order valence-corrected chi connectivity index (χ0v) is 18.5. The zero-order chi connectivity index (χ0) is 21.6. The Morgan fingerprint density at radius 3 is 2.45 bits per heavy atom. The van der Waals surface area contributed by atoms with Gasteiger partial charge in [0.05, 0.1) is 12.7 Å². The van der Waals surface area contributed by atoms with Gasteiger partial charge in [-0.3, -0.25) is 9.59 Å². The number of aliphatic hydroxyl groups is 2. The van der Waals surface area contributed by atoms with Crippen LogP contribution in [-0.4, -0.2) is 35.0 Å². The number of carbonyl (C=O) groups excluding carboxylic acids is 2. The van der Waals surface area contributed by atoms with Crippen molar-refractivity contribution >= 4 is 12.1 Å². The van der Waals surface area contributed by atoms with Crippen molar-refractivity contribution < 1.29 is 19.8 Å². The Balaban J connectivity index is 2.01. The van der Waals surface area contributed by atoms with Crippen LogP contribution in [-0.2, 0) is 9.59 Å². The molecule has 0 bridgehead atoms. The summed E-state index contributed by atoms with van der Waals surface area (Å²) in [5, 5.41) is 20.8. The first-order chi connectivity index (χ1) is 13.5. The van der Waals surface area contributed by atoms with Gasteiger partial charge in [-0.05, 0) is 67.9 Å². The quantitative estimate of drug-likeness (QED) is 0.422. The summed E-state index contributed by atoms with van der Waals surface area (Å²) in [6.07, 6.45) is 9.83. The molecular weight excluding hydrogens is 364 g/mol. The van der Waals surface area contributed by atoms with Gasteiger partial charge >= 0.3 is 0 Å². The van der Waals surface area contributed by atoms with Crippen molar-refractivity contribution in [1.29, 1.82) is 0 Å². The van der Waals surface area contributed by atoms with Crippen molar-refractivity contribution in [1.82, 2.24) is 0 Å². The van der Waals surface area contributed by atoms with Gasteiger partial charge in [0, 0.05) is 22.8 Å². The minimum atomic E-state index is -0.504. The molecule has 0 spiro atoms. The number of hydrogen-bond acceptors (Lipinski definition) is 4. The standard InChI is InChI=1S/C25H36O4/c1-16(14-26)7-6-8-17(2)22-18(28)13-20-23(3)12-10-21(29)25(5,15-27)19(23)9-11-24(20,22)4/h6-8,14,19-21,27,29H,9-13,15H2,1-5H3/b8-6+,16-7+,22-17+/t19?,20-,21+,23-,24-,25+/m0/s1. The Morgan fingerprint density at radius 1 is 1.14 bits per heavy atom. The van der Waals surface area contributed by atoms with Crippen molar-refractivity contribution in [2.24, 2.45) is 28.1 Å². The van der Waals surface area contributed by atoms with E-state index in [1.807, 2.05) is 26.0 Å². The molecule has 0 aromatic heterocycles. The summed E-state index contributed by atoms with van der Waals surface area (Å²) < 4.78 is 0. The maximum atomic E-state index is 13.2. The molecular formula is C25H36O4. The molecule has 2 N–H and O–H groups in total. The number of Topliss-reactive ketones (excluding diaryl/α,β-unsaturated/α-hetero) is 1. The fraction of sp³-hybridized carbons (Fsp3) is 0.680. The third-order valence-corrected chi connectivity index (χ3v) is 8.69. The highest BCUT2D eigenvalue weighted by atomic mass is 16.3. The van der Waals surface area contributed by atoms with Gasteiger partial charge in [0.2, 0.25) is 0 Å². The molecule has 160 valence electrons. The molecule has 3 rings (SSSR count). The normalized spacial score (nSPS) is 44.6. The van der Waals surface area contributed by atoms with E-state index in [1.165, 1.54) is 0 Å².